The molecule has 152 valence electrons. The predicted octanol–water partition coefficient (Wildman–Crippen LogP) is 3.32. The summed E-state index contributed by atoms with van der Waals surface area (Å²) in [5.74, 6) is 0.855. The van der Waals surface area contributed by atoms with Gasteiger partial charge in [-0.15, -0.1) is 0 Å². The van der Waals surface area contributed by atoms with Gasteiger partial charge in [0.05, 0.1) is 6.10 Å². The lowest BCUT2D eigenvalue weighted by Crippen LogP contribution is -2.38. The Morgan fingerprint density at radius 3 is 2.59 bits per heavy atom. The second kappa shape index (κ2) is 13.6. The van der Waals surface area contributed by atoms with Crippen LogP contribution in [0.25, 0.3) is 0 Å². The highest BCUT2D eigenvalue weighted by Crippen LogP contribution is 2.14. The van der Waals surface area contributed by atoms with E-state index in [0.29, 0.717) is 13.0 Å². The Labute approximate surface area is 165 Å². The van der Waals surface area contributed by atoms with Crippen molar-refractivity contribution in [2.45, 2.75) is 58.0 Å². The molecule has 0 saturated carbocycles. The van der Waals surface area contributed by atoms with Gasteiger partial charge in [0.15, 0.2) is 5.96 Å². The number of aliphatic hydroxyl groups excluding tert-OH is 1. The lowest BCUT2D eigenvalue weighted by atomic mass is 10.1. The number of likely N-dealkylation sites (tertiary alicyclic amines) is 1. The van der Waals surface area contributed by atoms with Crippen LogP contribution < -0.4 is 10.6 Å². The largest absolute Gasteiger partial charge is 0.388 e. The maximum atomic E-state index is 10.2. The van der Waals surface area contributed by atoms with Crippen molar-refractivity contribution in [1.29, 1.82) is 0 Å². The molecule has 1 aliphatic heterocycles. The predicted molar refractivity (Wildman–Crippen MR) is 114 cm³/mol. The highest BCUT2D eigenvalue weighted by Gasteiger charge is 2.09. The number of nitrogens with zero attached hydrogens (tertiary/aromatic N) is 2. The van der Waals surface area contributed by atoms with Crippen LogP contribution in [0.3, 0.4) is 0 Å². The first kappa shape index (κ1) is 21.7. The lowest BCUT2D eigenvalue weighted by Gasteiger charge is -2.26. The van der Waals surface area contributed by atoms with Gasteiger partial charge in [-0.2, -0.15) is 0 Å². The molecule has 0 bridgehead atoms. The zero-order chi connectivity index (χ0) is 19.2. The highest BCUT2D eigenvalue weighted by molar-refractivity contribution is 5.79. The molecule has 3 N–H and O–H groups in total. The molecule has 5 nitrogen and oxygen atoms in total. The van der Waals surface area contributed by atoms with E-state index in [4.69, 9.17) is 0 Å². The number of nitrogens with one attached hydrogen (secondary N) is 2. The van der Waals surface area contributed by atoms with E-state index < -0.39 is 6.10 Å². The number of hydrogen-bond acceptors (Lipinski definition) is 3. The molecule has 0 aliphatic carbocycles. The SMILES string of the molecule is CCNC(=NCCCCCN1CCCCC1)NCCC(O)c1ccccc1. The first-order chi connectivity index (χ1) is 13.3. The molecule has 1 aromatic carbocycles. The van der Waals surface area contributed by atoms with Crippen LogP contribution in [-0.4, -0.2) is 55.2 Å². The fourth-order valence-corrected chi connectivity index (χ4v) is 3.51. The molecule has 0 radical (unpaired) electrons. The van der Waals surface area contributed by atoms with Crippen molar-refractivity contribution in [3.05, 3.63) is 35.9 Å². The fraction of sp³-hybridized carbons (Fsp3) is 0.682. The molecule has 0 aromatic heterocycles. The van der Waals surface area contributed by atoms with Gasteiger partial charge in [0.1, 0.15) is 0 Å². The molecule has 2 rings (SSSR count). The average molecular weight is 375 g/mol. The van der Waals surface area contributed by atoms with Gasteiger partial charge >= 0.3 is 0 Å². The molecule has 5 heteroatoms. The Morgan fingerprint density at radius 1 is 1.07 bits per heavy atom. The number of guanidine groups is 1. The lowest BCUT2D eigenvalue weighted by molar-refractivity contribution is 0.168. The minimum Gasteiger partial charge on any atom is -0.388 e. The quantitative estimate of drug-likeness (QED) is 0.316. The van der Waals surface area contributed by atoms with E-state index in [1.54, 1.807) is 0 Å². The molecule has 27 heavy (non-hydrogen) atoms. The van der Waals surface area contributed by atoms with Crippen molar-refractivity contribution in [3.63, 3.8) is 0 Å². The van der Waals surface area contributed by atoms with E-state index in [9.17, 15) is 5.11 Å². The Morgan fingerprint density at radius 2 is 1.85 bits per heavy atom. The summed E-state index contributed by atoms with van der Waals surface area (Å²) in [4.78, 5) is 7.27. The topological polar surface area (TPSA) is 59.9 Å². The Hall–Kier alpha value is -1.59. The summed E-state index contributed by atoms with van der Waals surface area (Å²) >= 11 is 0. The zero-order valence-corrected chi connectivity index (χ0v) is 17.0. The maximum Gasteiger partial charge on any atom is 0.191 e. The van der Waals surface area contributed by atoms with Gasteiger partial charge in [0.2, 0.25) is 0 Å². The van der Waals surface area contributed by atoms with Gasteiger partial charge in [-0.05, 0) is 64.2 Å². The van der Waals surface area contributed by atoms with Crippen molar-refractivity contribution in [3.8, 4) is 0 Å². The van der Waals surface area contributed by atoms with Crippen LogP contribution >= 0.6 is 0 Å². The van der Waals surface area contributed by atoms with Gasteiger partial charge in [-0.1, -0.05) is 43.2 Å². The molecule has 1 aromatic rings. The summed E-state index contributed by atoms with van der Waals surface area (Å²) in [6.45, 7) is 8.33. The highest BCUT2D eigenvalue weighted by atomic mass is 16.3. The molecule has 1 aliphatic rings. The molecule has 1 fully saturated rings. The zero-order valence-electron chi connectivity index (χ0n) is 17.0. The molecule has 1 atom stereocenters. The van der Waals surface area contributed by atoms with E-state index in [1.807, 2.05) is 30.3 Å². The molecule has 0 spiro atoms. The minimum atomic E-state index is -0.434. The van der Waals surface area contributed by atoms with Crippen LogP contribution in [0.2, 0.25) is 0 Å². The molecule has 1 saturated heterocycles. The number of aliphatic hydroxyl groups is 1. The van der Waals surface area contributed by atoms with E-state index in [1.165, 1.54) is 51.7 Å². The van der Waals surface area contributed by atoms with Crippen LogP contribution in [0.15, 0.2) is 35.3 Å². The smallest absolute Gasteiger partial charge is 0.191 e. The van der Waals surface area contributed by atoms with E-state index >= 15 is 0 Å². The third-order valence-corrected chi connectivity index (χ3v) is 5.09. The molecule has 1 unspecified atom stereocenters. The number of aliphatic imine (C=N–C) groups is 1. The molecular formula is C22H38N4O. The van der Waals surface area contributed by atoms with Crippen molar-refractivity contribution in [2.24, 2.45) is 4.99 Å². The van der Waals surface area contributed by atoms with Crippen molar-refractivity contribution in [2.75, 3.05) is 39.3 Å². The standard InChI is InChI=1S/C22H38N4O/c1-2-23-22(25-16-14-21(27)20-12-6-3-7-13-20)24-15-8-4-9-17-26-18-10-5-11-19-26/h3,6-7,12-13,21,27H,2,4-5,8-11,14-19H2,1H3,(H2,23,24,25). The monoisotopic (exact) mass is 374 g/mol. The number of hydrogen-bond donors (Lipinski definition) is 3. The van der Waals surface area contributed by atoms with E-state index in [-0.39, 0.29) is 0 Å². The minimum absolute atomic E-state index is 0.434. The molecule has 0 amide bonds. The Balaban J connectivity index is 1.58. The number of unbranched alkanes of at least 4 members (excludes halogenated alkanes) is 2. The summed E-state index contributed by atoms with van der Waals surface area (Å²) in [7, 11) is 0. The van der Waals surface area contributed by atoms with Gasteiger partial charge < -0.3 is 20.6 Å². The number of piperidine rings is 1. The third kappa shape index (κ3) is 9.25. The van der Waals surface area contributed by atoms with Crippen molar-refractivity contribution in [1.82, 2.24) is 15.5 Å². The van der Waals surface area contributed by atoms with Crippen molar-refractivity contribution >= 4 is 5.96 Å². The number of rotatable bonds is 11. The van der Waals surface area contributed by atoms with Gasteiger partial charge in [-0.25, -0.2) is 0 Å². The summed E-state index contributed by atoms with van der Waals surface area (Å²) < 4.78 is 0. The van der Waals surface area contributed by atoms with Crippen LogP contribution in [0.5, 0.6) is 0 Å². The molecule has 1 heterocycles. The first-order valence-electron chi connectivity index (χ1n) is 10.8. The van der Waals surface area contributed by atoms with E-state index in [2.05, 4.69) is 27.4 Å². The second-order valence-corrected chi connectivity index (χ2v) is 7.37. The average Bonchev–Trinajstić information content (AvgIpc) is 2.71. The molecular weight excluding hydrogens is 336 g/mol. The van der Waals surface area contributed by atoms with Crippen LogP contribution in [0.4, 0.5) is 0 Å². The van der Waals surface area contributed by atoms with Gasteiger partial charge in [-0.3, -0.25) is 4.99 Å². The van der Waals surface area contributed by atoms with Crippen LogP contribution in [0.1, 0.15) is 63.5 Å². The second-order valence-electron chi connectivity index (χ2n) is 7.37. The summed E-state index contributed by atoms with van der Waals surface area (Å²) in [6, 6.07) is 9.82. The van der Waals surface area contributed by atoms with E-state index in [0.717, 1.165) is 31.0 Å². The fourth-order valence-electron chi connectivity index (χ4n) is 3.51. The Bertz CT molecular complexity index is 514. The van der Waals surface area contributed by atoms with Crippen LogP contribution in [-0.2, 0) is 0 Å². The maximum absolute atomic E-state index is 10.2. The number of benzene rings is 1. The summed E-state index contributed by atoms with van der Waals surface area (Å²) in [6.07, 6.45) is 8.06. The first-order valence-corrected chi connectivity index (χ1v) is 10.8. The van der Waals surface area contributed by atoms with Gasteiger partial charge in [0.25, 0.3) is 0 Å². The Kier molecular flexibility index (Phi) is 10.9. The van der Waals surface area contributed by atoms with Gasteiger partial charge in [0, 0.05) is 19.6 Å². The summed E-state index contributed by atoms with van der Waals surface area (Å²) in [5, 5.41) is 16.9. The normalized spacial score (nSPS) is 16.9. The van der Waals surface area contributed by atoms with Crippen molar-refractivity contribution < 1.29 is 5.11 Å². The van der Waals surface area contributed by atoms with Crippen LogP contribution in [0, 0.1) is 0 Å². The summed E-state index contributed by atoms with van der Waals surface area (Å²) in [5.41, 5.74) is 0.968. The third-order valence-electron chi connectivity index (χ3n) is 5.09.